The molecule has 2 heterocycles. The van der Waals surface area contributed by atoms with Crippen LogP contribution in [-0.4, -0.2) is 46.8 Å². The predicted octanol–water partition coefficient (Wildman–Crippen LogP) is 3.88. The Morgan fingerprint density at radius 2 is 1.91 bits per heavy atom. The number of amides is 4. The molecule has 2 atom stereocenters. The minimum absolute atomic E-state index is 0.164. The lowest BCUT2D eigenvalue weighted by Crippen LogP contribution is -2.47. The average Bonchev–Trinajstić information content (AvgIpc) is 3.14. The molecular formula is C24H24Cl2N4O3. The van der Waals surface area contributed by atoms with E-state index in [4.69, 9.17) is 23.2 Å². The summed E-state index contributed by atoms with van der Waals surface area (Å²) in [5, 5.41) is 6.58. The summed E-state index contributed by atoms with van der Waals surface area (Å²) in [5.74, 6) is -0.572. The van der Waals surface area contributed by atoms with Crippen molar-refractivity contribution in [2.24, 2.45) is 0 Å². The lowest BCUT2D eigenvalue weighted by molar-refractivity contribution is -0.135. The second-order valence-electron chi connectivity index (χ2n) is 7.97. The molecule has 4 rings (SSSR count). The Balaban J connectivity index is 1.59. The van der Waals surface area contributed by atoms with E-state index in [1.165, 1.54) is 9.80 Å². The van der Waals surface area contributed by atoms with Gasteiger partial charge in [0.2, 0.25) is 5.91 Å². The Hall–Kier alpha value is -3.03. The number of nitrogens with one attached hydrogen (secondary N) is 2. The third-order valence-electron chi connectivity index (χ3n) is 6.00. The summed E-state index contributed by atoms with van der Waals surface area (Å²) >= 11 is 12.4. The van der Waals surface area contributed by atoms with E-state index in [0.29, 0.717) is 40.0 Å². The summed E-state index contributed by atoms with van der Waals surface area (Å²) in [6, 6.07) is 12.7. The van der Waals surface area contributed by atoms with Crippen molar-refractivity contribution >= 4 is 41.0 Å². The maximum atomic E-state index is 13.5. The van der Waals surface area contributed by atoms with Crippen LogP contribution in [0.2, 0.25) is 10.0 Å². The van der Waals surface area contributed by atoms with Crippen molar-refractivity contribution in [1.29, 1.82) is 0 Å². The monoisotopic (exact) mass is 486 g/mol. The van der Waals surface area contributed by atoms with Gasteiger partial charge in [-0.15, -0.1) is 0 Å². The summed E-state index contributed by atoms with van der Waals surface area (Å²) in [6.45, 7) is 4.44. The van der Waals surface area contributed by atoms with Gasteiger partial charge in [-0.3, -0.25) is 14.5 Å². The molecule has 2 N–H and O–H groups in total. The molecule has 0 aromatic heterocycles. The van der Waals surface area contributed by atoms with Crippen molar-refractivity contribution in [3.63, 3.8) is 0 Å². The van der Waals surface area contributed by atoms with Crippen molar-refractivity contribution in [3.05, 3.63) is 81.0 Å². The molecule has 2 aromatic rings. The first-order valence-corrected chi connectivity index (χ1v) is 11.5. The summed E-state index contributed by atoms with van der Waals surface area (Å²) in [7, 11) is 0. The Kier molecular flexibility index (Phi) is 6.63. The number of hydrogen-bond acceptors (Lipinski definition) is 3. The topological polar surface area (TPSA) is 81.8 Å². The van der Waals surface area contributed by atoms with Crippen molar-refractivity contribution in [2.45, 2.75) is 32.5 Å². The molecule has 2 aliphatic rings. The maximum Gasteiger partial charge on any atom is 0.322 e. The van der Waals surface area contributed by atoms with E-state index in [0.717, 1.165) is 5.56 Å². The van der Waals surface area contributed by atoms with Crippen LogP contribution in [0.3, 0.4) is 0 Å². The zero-order valence-corrected chi connectivity index (χ0v) is 19.8. The van der Waals surface area contributed by atoms with Crippen LogP contribution in [0.1, 0.15) is 31.0 Å². The van der Waals surface area contributed by atoms with Gasteiger partial charge in [0.25, 0.3) is 5.91 Å². The fraction of sp³-hybridized carbons (Fsp3) is 0.292. The molecular weight excluding hydrogens is 463 g/mol. The number of carbonyl (C=O) groups is 3. The minimum Gasteiger partial charge on any atom is -0.350 e. The van der Waals surface area contributed by atoms with E-state index >= 15 is 0 Å². The number of rotatable bonds is 6. The average molecular weight is 487 g/mol. The normalized spacial score (nSPS) is 18.8. The third kappa shape index (κ3) is 4.43. The fourth-order valence-corrected chi connectivity index (χ4v) is 4.72. The largest absolute Gasteiger partial charge is 0.350 e. The second-order valence-corrected chi connectivity index (χ2v) is 8.81. The first kappa shape index (κ1) is 23.1. The Morgan fingerprint density at radius 3 is 2.58 bits per heavy atom. The summed E-state index contributed by atoms with van der Waals surface area (Å²) in [5.41, 5.74) is 2.55. The molecule has 9 heteroatoms. The first-order chi connectivity index (χ1) is 15.8. The molecule has 0 unspecified atom stereocenters. The Morgan fingerprint density at radius 1 is 1.18 bits per heavy atom. The first-order valence-electron chi connectivity index (χ1n) is 10.7. The van der Waals surface area contributed by atoms with Crippen LogP contribution in [-0.2, 0) is 16.1 Å². The number of likely N-dealkylation sites (N-methyl/N-ethyl adjacent to an activating group) is 1. The van der Waals surface area contributed by atoms with Crippen LogP contribution in [0.4, 0.5) is 4.79 Å². The van der Waals surface area contributed by atoms with Gasteiger partial charge >= 0.3 is 6.03 Å². The van der Waals surface area contributed by atoms with Gasteiger partial charge in [-0.25, -0.2) is 4.79 Å². The molecule has 7 nitrogen and oxygen atoms in total. The molecule has 2 aromatic carbocycles. The number of hydrogen-bond donors (Lipinski definition) is 2. The van der Waals surface area contributed by atoms with Crippen molar-refractivity contribution in [2.75, 3.05) is 13.1 Å². The second kappa shape index (κ2) is 9.45. The molecule has 0 radical (unpaired) electrons. The molecule has 2 aliphatic heterocycles. The quantitative estimate of drug-likeness (QED) is 0.649. The van der Waals surface area contributed by atoms with Crippen molar-refractivity contribution in [1.82, 2.24) is 20.4 Å². The van der Waals surface area contributed by atoms with Crippen LogP contribution in [0.25, 0.3) is 0 Å². The highest BCUT2D eigenvalue weighted by Gasteiger charge is 2.46. The molecule has 0 saturated carbocycles. The predicted molar refractivity (Wildman–Crippen MR) is 127 cm³/mol. The SMILES string of the molecule is CCN1C(=O)N[C@H](c2ccc(Cl)cc2Cl)C2=C1CN([C@H](C)C(=O)NCc1ccccc1)C2=O. The van der Waals surface area contributed by atoms with Crippen LogP contribution >= 0.6 is 23.2 Å². The van der Waals surface area contributed by atoms with Gasteiger partial charge in [0, 0.05) is 23.1 Å². The number of carbonyl (C=O) groups excluding carboxylic acids is 3. The molecule has 0 spiro atoms. The van der Waals surface area contributed by atoms with E-state index < -0.39 is 12.1 Å². The molecule has 0 saturated heterocycles. The van der Waals surface area contributed by atoms with Crippen LogP contribution < -0.4 is 10.6 Å². The molecule has 172 valence electrons. The highest BCUT2D eigenvalue weighted by molar-refractivity contribution is 6.35. The maximum absolute atomic E-state index is 13.5. The summed E-state index contributed by atoms with van der Waals surface area (Å²) in [4.78, 5) is 42.2. The van der Waals surface area contributed by atoms with Gasteiger partial charge in [-0.1, -0.05) is 59.6 Å². The number of urea groups is 1. The Labute approximate surface area is 202 Å². The Bertz CT molecular complexity index is 1140. The van der Waals surface area contributed by atoms with Crippen LogP contribution in [0.15, 0.2) is 59.8 Å². The highest BCUT2D eigenvalue weighted by atomic mass is 35.5. The lowest BCUT2D eigenvalue weighted by Gasteiger charge is -2.33. The third-order valence-corrected chi connectivity index (χ3v) is 6.56. The van der Waals surface area contributed by atoms with Crippen LogP contribution in [0.5, 0.6) is 0 Å². The van der Waals surface area contributed by atoms with E-state index in [1.807, 2.05) is 37.3 Å². The van der Waals surface area contributed by atoms with Gasteiger partial charge in [0.1, 0.15) is 6.04 Å². The van der Waals surface area contributed by atoms with E-state index in [2.05, 4.69) is 10.6 Å². The van der Waals surface area contributed by atoms with Gasteiger partial charge in [0.15, 0.2) is 0 Å². The van der Waals surface area contributed by atoms with Gasteiger partial charge in [-0.05, 0) is 37.1 Å². The summed E-state index contributed by atoms with van der Waals surface area (Å²) < 4.78 is 0. The highest BCUT2D eigenvalue weighted by Crippen LogP contribution is 2.39. The van der Waals surface area contributed by atoms with Crippen LogP contribution in [0, 0.1) is 0 Å². The fourth-order valence-electron chi connectivity index (χ4n) is 4.20. The standard InChI is InChI=1S/C24H24Cl2N4O3/c1-3-29-19-13-30(14(2)22(31)27-12-15-7-5-4-6-8-15)23(32)20(19)21(28-24(29)33)17-10-9-16(25)11-18(17)26/h4-11,14,21H,3,12-13H2,1-2H3,(H,27,31)(H,28,33)/t14-,21-/m1/s1. The van der Waals surface area contributed by atoms with E-state index in [1.54, 1.807) is 25.1 Å². The van der Waals surface area contributed by atoms with E-state index in [9.17, 15) is 14.4 Å². The number of nitrogens with zero attached hydrogens (tertiary/aromatic N) is 2. The number of halogens is 2. The molecule has 0 fully saturated rings. The summed E-state index contributed by atoms with van der Waals surface area (Å²) in [6.07, 6.45) is 0. The van der Waals surface area contributed by atoms with Crippen molar-refractivity contribution < 1.29 is 14.4 Å². The molecule has 0 aliphatic carbocycles. The van der Waals surface area contributed by atoms with E-state index in [-0.39, 0.29) is 24.4 Å². The molecule has 0 bridgehead atoms. The number of benzene rings is 2. The zero-order chi connectivity index (χ0) is 23.7. The van der Waals surface area contributed by atoms with Gasteiger partial charge < -0.3 is 15.5 Å². The zero-order valence-electron chi connectivity index (χ0n) is 18.3. The lowest BCUT2D eigenvalue weighted by atomic mass is 9.95. The molecule has 33 heavy (non-hydrogen) atoms. The molecule has 4 amide bonds. The minimum atomic E-state index is -0.725. The van der Waals surface area contributed by atoms with Crippen molar-refractivity contribution in [3.8, 4) is 0 Å². The van der Waals surface area contributed by atoms with Gasteiger partial charge in [-0.2, -0.15) is 0 Å². The smallest absolute Gasteiger partial charge is 0.322 e. The van der Waals surface area contributed by atoms with Gasteiger partial charge in [0.05, 0.1) is 23.9 Å².